The van der Waals surface area contributed by atoms with E-state index in [0.29, 0.717) is 6.42 Å². The lowest BCUT2D eigenvalue weighted by molar-refractivity contribution is -0.143. The fourth-order valence-corrected chi connectivity index (χ4v) is 3.62. The third kappa shape index (κ3) is 5.45. The van der Waals surface area contributed by atoms with E-state index in [1.807, 2.05) is 31.3 Å². The molecule has 164 valence electrons. The summed E-state index contributed by atoms with van der Waals surface area (Å²) in [6, 6.07) is 13.6. The quantitative estimate of drug-likeness (QED) is 0.602. The topological polar surface area (TPSA) is 69.6 Å². The van der Waals surface area contributed by atoms with E-state index in [2.05, 4.69) is 41.2 Å². The van der Waals surface area contributed by atoms with Crippen molar-refractivity contribution in [2.75, 3.05) is 7.11 Å². The standard InChI is InChI=1S/C25H30N2O4/c1-16-15-27(5)22-14-19(11-12-20(16)22)18-9-7-17(8-10-18)13-21(23(28)30-6)26-24(29)31-25(2,3)4/h7-12,14-15,21H,13H2,1-6H3,(H,26,29)/t21-/m0/s1. The largest absolute Gasteiger partial charge is 0.467 e. The second-order valence-corrected chi connectivity index (χ2v) is 8.78. The number of alkyl carbamates (subject to hydrolysis) is 1. The van der Waals surface area contributed by atoms with Crippen LogP contribution in [0.25, 0.3) is 22.0 Å². The molecule has 0 saturated heterocycles. The maximum Gasteiger partial charge on any atom is 0.408 e. The second-order valence-electron chi connectivity index (χ2n) is 8.78. The Morgan fingerprint density at radius 3 is 2.32 bits per heavy atom. The number of carbonyl (C=O) groups is 2. The summed E-state index contributed by atoms with van der Waals surface area (Å²) in [5.41, 5.74) is 4.91. The molecule has 0 bridgehead atoms. The van der Waals surface area contributed by atoms with Gasteiger partial charge >= 0.3 is 12.1 Å². The molecular weight excluding hydrogens is 392 g/mol. The van der Waals surface area contributed by atoms with Crippen LogP contribution in [0.4, 0.5) is 4.79 Å². The number of methoxy groups -OCH3 is 1. The maximum absolute atomic E-state index is 12.2. The number of aryl methyl sites for hydroxylation is 2. The number of aromatic nitrogens is 1. The van der Waals surface area contributed by atoms with Crippen molar-refractivity contribution in [2.45, 2.75) is 45.8 Å². The minimum absolute atomic E-state index is 0.308. The van der Waals surface area contributed by atoms with Crippen LogP contribution in [0, 0.1) is 6.92 Å². The highest BCUT2D eigenvalue weighted by Gasteiger charge is 2.25. The van der Waals surface area contributed by atoms with E-state index in [4.69, 9.17) is 9.47 Å². The number of esters is 1. The molecule has 3 aromatic rings. The van der Waals surface area contributed by atoms with Crippen LogP contribution in [-0.2, 0) is 27.7 Å². The Morgan fingerprint density at radius 2 is 1.71 bits per heavy atom. The Bertz CT molecular complexity index is 1090. The van der Waals surface area contributed by atoms with Crippen molar-refractivity contribution in [2.24, 2.45) is 7.05 Å². The lowest BCUT2D eigenvalue weighted by Crippen LogP contribution is -2.45. The first-order valence-electron chi connectivity index (χ1n) is 10.3. The fourth-order valence-electron chi connectivity index (χ4n) is 3.62. The van der Waals surface area contributed by atoms with Gasteiger partial charge in [-0.2, -0.15) is 0 Å². The van der Waals surface area contributed by atoms with Crippen LogP contribution >= 0.6 is 0 Å². The average molecular weight is 423 g/mol. The number of ether oxygens (including phenoxy) is 2. The van der Waals surface area contributed by atoms with Gasteiger partial charge in [-0.3, -0.25) is 0 Å². The van der Waals surface area contributed by atoms with Gasteiger partial charge in [-0.25, -0.2) is 9.59 Å². The molecule has 0 unspecified atom stereocenters. The first kappa shape index (κ1) is 22.4. The van der Waals surface area contributed by atoms with E-state index in [1.165, 1.54) is 23.6 Å². The summed E-state index contributed by atoms with van der Waals surface area (Å²) in [6.45, 7) is 7.42. The van der Waals surface area contributed by atoms with Crippen molar-refractivity contribution >= 4 is 23.0 Å². The first-order chi connectivity index (χ1) is 14.6. The Morgan fingerprint density at radius 1 is 1.06 bits per heavy atom. The molecule has 6 heteroatoms. The van der Waals surface area contributed by atoms with Crippen molar-refractivity contribution in [3.63, 3.8) is 0 Å². The Hall–Kier alpha value is -3.28. The number of hydrogen-bond donors (Lipinski definition) is 1. The van der Waals surface area contributed by atoms with E-state index in [-0.39, 0.29) is 0 Å². The van der Waals surface area contributed by atoms with Gasteiger partial charge in [-0.15, -0.1) is 0 Å². The van der Waals surface area contributed by atoms with Crippen molar-refractivity contribution < 1.29 is 19.1 Å². The van der Waals surface area contributed by atoms with Gasteiger partial charge in [0.2, 0.25) is 0 Å². The van der Waals surface area contributed by atoms with Crippen molar-refractivity contribution in [1.82, 2.24) is 9.88 Å². The maximum atomic E-state index is 12.2. The number of nitrogens with one attached hydrogen (secondary N) is 1. The minimum atomic E-state index is -0.826. The zero-order valence-electron chi connectivity index (χ0n) is 19.0. The predicted octanol–water partition coefficient (Wildman–Crippen LogP) is 4.76. The van der Waals surface area contributed by atoms with Gasteiger partial charge in [-0.1, -0.05) is 36.4 Å². The molecule has 2 aromatic carbocycles. The number of carbonyl (C=O) groups excluding carboxylic acids is 2. The zero-order chi connectivity index (χ0) is 22.8. The van der Waals surface area contributed by atoms with Crippen molar-refractivity contribution in [3.8, 4) is 11.1 Å². The lowest BCUT2D eigenvalue weighted by atomic mass is 9.99. The molecule has 0 aliphatic carbocycles. The molecule has 1 amide bonds. The zero-order valence-corrected chi connectivity index (χ0v) is 19.0. The summed E-state index contributed by atoms with van der Waals surface area (Å²) in [7, 11) is 3.35. The Kier molecular flexibility index (Phi) is 6.39. The molecule has 1 atom stereocenters. The molecule has 0 spiro atoms. The molecule has 0 aliphatic rings. The highest BCUT2D eigenvalue weighted by atomic mass is 16.6. The lowest BCUT2D eigenvalue weighted by Gasteiger charge is -2.22. The van der Waals surface area contributed by atoms with Crippen LogP contribution in [0.5, 0.6) is 0 Å². The summed E-state index contributed by atoms with van der Waals surface area (Å²) in [4.78, 5) is 24.3. The van der Waals surface area contributed by atoms with Gasteiger partial charge in [-0.05, 0) is 56.0 Å². The third-order valence-electron chi connectivity index (χ3n) is 5.09. The number of hydrogen-bond acceptors (Lipinski definition) is 4. The van der Waals surface area contributed by atoms with Gasteiger partial charge in [0.15, 0.2) is 0 Å². The second kappa shape index (κ2) is 8.84. The molecule has 0 saturated carbocycles. The smallest absolute Gasteiger partial charge is 0.408 e. The summed E-state index contributed by atoms with van der Waals surface area (Å²) >= 11 is 0. The molecule has 1 aromatic heterocycles. The van der Waals surface area contributed by atoms with Crippen LogP contribution in [0.3, 0.4) is 0 Å². The highest BCUT2D eigenvalue weighted by molar-refractivity contribution is 5.88. The normalized spacial score (nSPS) is 12.5. The average Bonchev–Trinajstić information content (AvgIpc) is 2.99. The SMILES string of the molecule is COC(=O)[C@H](Cc1ccc(-c2ccc3c(C)cn(C)c3c2)cc1)NC(=O)OC(C)(C)C. The molecule has 1 N–H and O–H groups in total. The van der Waals surface area contributed by atoms with Crippen molar-refractivity contribution in [3.05, 3.63) is 59.8 Å². The van der Waals surface area contributed by atoms with Crippen LogP contribution < -0.4 is 5.32 Å². The summed E-state index contributed by atoms with van der Waals surface area (Å²) in [6.07, 6.45) is 1.79. The molecule has 0 aliphatic heterocycles. The van der Waals surface area contributed by atoms with Crippen LogP contribution in [0.15, 0.2) is 48.7 Å². The van der Waals surface area contributed by atoms with Crippen LogP contribution in [0.2, 0.25) is 0 Å². The van der Waals surface area contributed by atoms with E-state index < -0.39 is 23.7 Å². The molecule has 3 rings (SSSR count). The molecule has 31 heavy (non-hydrogen) atoms. The van der Waals surface area contributed by atoms with E-state index >= 15 is 0 Å². The fraction of sp³-hybridized carbons (Fsp3) is 0.360. The van der Waals surface area contributed by atoms with E-state index in [1.54, 1.807) is 20.8 Å². The number of amides is 1. The Balaban J connectivity index is 1.77. The van der Waals surface area contributed by atoms with Gasteiger partial charge in [0.1, 0.15) is 11.6 Å². The van der Waals surface area contributed by atoms with E-state index in [9.17, 15) is 9.59 Å². The van der Waals surface area contributed by atoms with Gasteiger partial charge in [0.25, 0.3) is 0 Å². The summed E-state index contributed by atoms with van der Waals surface area (Å²) in [5, 5.41) is 3.86. The Labute approximate surface area is 183 Å². The molecular formula is C25H30N2O4. The first-order valence-corrected chi connectivity index (χ1v) is 10.3. The highest BCUT2D eigenvalue weighted by Crippen LogP contribution is 2.27. The van der Waals surface area contributed by atoms with Crippen LogP contribution in [-0.4, -0.2) is 35.4 Å². The monoisotopic (exact) mass is 422 g/mol. The number of fused-ring (bicyclic) bond motifs is 1. The van der Waals surface area contributed by atoms with Crippen LogP contribution in [0.1, 0.15) is 31.9 Å². The van der Waals surface area contributed by atoms with Gasteiger partial charge in [0, 0.05) is 30.6 Å². The number of rotatable bonds is 5. The predicted molar refractivity (Wildman–Crippen MR) is 122 cm³/mol. The number of benzene rings is 2. The summed E-state index contributed by atoms with van der Waals surface area (Å²) < 4.78 is 12.2. The molecule has 0 fully saturated rings. The third-order valence-corrected chi connectivity index (χ3v) is 5.09. The van der Waals surface area contributed by atoms with E-state index in [0.717, 1.165) is 16.7 Å². The van der Waals surface area contributed by atoms with Gasteiger partial charge < -0.3 is 19.4 Å². The minimum Gasteiger partial charge on any atom is -0.467 e. The molecule has 6 nitrogen and oxygen atoms in total. The molecule has 0 radical (unpaired) electrons. The van der Waals surface area contributed by atoms with Gasteiger partial charge in [0.05, 0.1) is 7.11 Å². The molecule has 1 heterocycles. The summed E-state index contributed by atoms with van der Waals surface area (Å²) in [5.74, 6) is -0.514. The van der Waals surface area contributed by atoms with Crippen molar-refractivity contribution in [1.29, 1.82) is 0 Å². The number of nitrogens with zero attached hydrogens (tertiary/aromatic N) is 1.